The fraction of sp³-hybridized carbons (Fsp3) is 0.467. The third-order valence-corrected chi connectivity index (χ3v) is 3.25. The number of hydrogen-bond donors (Lipinski definition) is 1. The van der Waals surface area contributed by atoms with E-state index in [9.17, 15) is 9.59 Å². The van der Waals surface area contributed by atoms with Crippen LogP contribution in [0.3, 0.4) is 0 Å². The number of carbonyl (C=O) groups excluding carboxylic acids is 2. The van der Waals surface area contributed by atoms with E-state index in [-0.39, 0.29) is 18.6 Å². The molecule has 1 aromatic rings. The van der Waals surface area contributed by atoms with Gasteiger partial charge in [-0.15, -0.1) is 0 Å². The molecule has 0 aliphatic carbocycles. The molecule has 1 heterocycles. The van der Waals surface area contributed by atoms with E-state index in [0.29, 0.717) is 29.9 Å². The van der Waals surface area contributed by atoms with E-state index < -0.39 is 0 Å². The molecule has 0 bridgehead atoms. The van der Waals surface area contributed by atoms with Gasteiger partial charge in [-0.1, -0.05) is 0 Å². The third-order valence-electron chi connectivity index (χ3n) is 3.25. The Bertz CT molecular complexity index is 497. The van der Waals surface area contributed by atoms with Crippen LogP contribution in [-0.4, -0.2) is 45.2 Å². The summed E-state index contributed by atoms with van der Waals surface area (Å²) in [4.78, 5) is 22.7. The first-order valence-corrected chi connectivity index (χ1v) is 6.87. The number of benzene rings is 1. The van der Waals surface area contributed by atoms with E-state index in [1.54, 1.807) is 18.2 Å². The summed E-state index contributed by atoms with van der Waals surface area (Å²) >= 11 is 0. The van der Waals surface area contributed by atoms with Crippen LogP contribution in [0.1, 0.15) is 23.2 Å². The lowest BCUT2D eigenvalue weighted by Crippen LogP contribution is -2.35. The largest absolute Gasteiger partial charge is 0.497 e. The van der Waals surface area contributed by atoms with Gasteiger partial charge in [-0.05, 0) is 31.0 Å². The minimum absolute atomic E-state index is 0.0977. The number of amides is 1. The summed E-state index contributed by atoms with van der Waals surface area (Å²) in [6.45, 7) is 1.11. The maximum absolute atomic E-state index is 11.7. The molecule has 1 saturated heterocycles. The Morgan fingerprint density at radius 3 is 3.05 bits per heavy atom. The highest BCUT2D eigenvalue weighted by Crippen LogP contribution is 2.22. The van der Waals surface area contributed by atoms with E-state index in [0.717, 1.165) is 19.4 Å². The Hall–Kier alpha value is -2.08. The van der Waals surface area contributed by atoms with Crippen molar-refractivity contribution >= 4 is 12.2 Å². The Morgan fingerprint density at radius 2 is 2.38 bits per heavy atom. The van der Waals surface area contributed by atoms with Gasteiger partial charge in [0, 0.05) is 13.2 Å². The molecule has 0 unspecified atom stereocenters. The van der Waals surface area contributed by atoms with Gasteiger partial charge in [0.2, 0.25) is 0 Å². The molecule has 6 nitrogen and oxygen atoms in total. The molecular formula is C15H19NO5. The predicted molar refractivity (Wildman–Crippen MR) is 75.9 cm³/mol. The summed E-state index contributed by atoms with van der Waals surface area (Å²) < 4.78 is 15.8. The Kier molecular flexibility index (Phi) is 5.57. The van der Waals surface area contributed by atoms with Crippen LogP contribution in [0.4, 0.5) is 0 Å². The molecule has 1 atom stereocenters. The Morgan fingerprint density at radius 1 is 1.52 bits per heavy atom. The second-order valence-electron chi connectivity index (χ2n) is 4.75. The van der Waals surface area contributed by atoms with Gasteiger partial charge in [0.1, 0.15) is 11.5 Å². The first-order valence-electron chi connectivity index (χ1n) is 6.87. The smallest absolute Gasteiger partial charge is 0.258 e. The highest BCUT2D eigenvalue weighted by Gasteiger charge is 2.16. The second kappa shape index (κ2) is 7.64. The average Bonchev–Trinajstić information content (AvgIpc) is 3.04. The first kappa shape index (κ1) is 15.3. The summed E-state index contributed by atoms with van der Waals surface area (Å²) in [5.74, 6) is 0.684. The average molecular weight is 293 g/mol. The van der Waals surface area contributed by atoms with Crippen molar-refractivity contribution in [3.8, 4) is 11.5 Å². The van der Waals surface area contributed by atoms with Gasteiger partial charge >= 0.3 is 0 Å². The zero-order chi connectivity index (χ0) is 15.1. The van der Waals surface area contributed by atoms with Crippen LogP contribution in [-0.2, 0) is 9.53 Å². The molecule has 2 rings (SSSR count). The number of hydrogen-bond acceptors (Lipinski definition) is 5. The van der Waals surface area contributed by atoms with Gasteiger partial charge in [-0.3, -0.25) is 9.59 Å². The molecule has 6 heteroatoms. The summed E-state index contributed by atoms with van der Waals surface area (Å²) in [5.41, 5.74) is 0.348. The predicted octanol–water partition coefficient (Wildman–Crippen LogP) is 1.18. The van der Waals surface area contributed by atoms with Crippen molar-refractivity contribution in [1.82, 2.24) is 5.32 Å². The molecule has 0 saturated carbocycles. The van der Waals surface area contributed by atoms with Crippen molar-refractivity contribution in [3.05, 3.63) is 23.8 Å². The lowest BCUT2D eigenvalue weighted by molar-refractivity contribution is -0.123. The second-order valence-corrected chi connectivity index (χ2v) is 4.75. The highest BCUT2D eigenvalue weighted by atomic mass is 16.5. The number of carbonyl (C=O) groups is 2. The van der Waals surface area contributed by atoms with Gasteiger partial charge in [0.05, 0.1) is 18.8 Å². The molecule has 114 valence electrons. The van der Waals surface area contributed by atoms with Crippen LogP contribution in [0.5, 0.6) is 11.5 Å². The molecule has 1 aliphatic heterocycles. The number of rotatable bonds is 7. The molecule has 1 aromatic carbocycles. The maximum atomic E-state index is 11.7. The van der Waals surface area contributed by atoms with E-state index in [1.165, 1.54) is 7.11 Å². The summed E-state index contributed by atoms with van der Waals surface area (Å²) in [6, 6.07) is 4.84. The topological polar surface area (TPSA) is 73.9 Å². The van der Waals surface area contributed by atoms with Crippen molar-refractivity contribution in [1.29, 1.82) is 0 Å². The Balaban J connectivity index is 1.81. The van der Waals surface area contributed by atoms with Crippen molar-refractivity contribution in [2.24, 2.45) is 0 Å². The minimum Gasteiger partial charge on any atom is -0.497 e. The van der Waals surface area contributed by atoms with Crippen molar-refractivity contribution in [3.63, 3.8) is 0 Å². The molecule has 0 spiro atoms. The third kappa shape index (κ3) is 4.46. The lowest BCUT2D eigenvalue weighted by Gasteiger charge is -2.12. The molecule has 0 aromatic heterocycles. The van der Waals surface area contributed by atoms with E-state index in [2.05, 4.69) is 5.32 Å². The van der Waals surface area contributed by atoms with Crippen LogP contribution >= 0.6 is 0 Å². The SMILES string of the molecule is COc1ccc(OCC(=O)NC[C@H]2CCCO2)c(C=O)c1. The number of ether oxygens (including phenoxy) is 3. The fourth-order valence-corrected chi connectivity index (χ4v) is 2.10. The molecule has 21 heavy (non-hydrogen) atoms. The van der Waals surface area contributed by atoms with Crippen LogP contribution in [0.15, 0.2) is 18.2 Å². The van der Waals surface area contributed by atoms with E-state index >= 15 is 0 Å². The van der Waals surface area contributed by atoms with E-state index in [1.807, 2.05) is 0 Å². The first-order chi connectivity index (χ1) is 10.2. The van der Waals surface area contributed by atoms with Crippen LogP contribution < -0.4 is 14.8 Å². The van der Waals surface area contributed by atoms with Crippen LogP contribution in [0.2, 0.25) is 0 Å². The molecule has 0 radical (unpaired) electrons. The zero-order valence-electron chi connectivity index (χ0n) is 12.0. The van der Waals surface area contributed by atoms with Crippen LogP contribution in [0, 0.1) is 0 Å². The van der Waals surface area contributed by atoms with Gasteiger partial charge in [0.15, 0.2) is 12.9 Å². The normalized spacial score (nSPS) is 17.3. The number of methoxy groups -OCH3 is 1. The quantitative estimate of drug-likeness (QED) is 0.764. The standard InChI is InChI=1S/C15H19NO5/c1-19-12-4-5-14(11(7-12)9-17)21-10-15(18)16-8-13-3-2-6-20-13/h4-5,7,9,13H,2-3,6,8,10H2,1H3,(H,16,18)/t13-/m1/s1. The minimum atomic E-state index is -0.238. The van der Waals surface area contributed by atoms with Crippen molar-refractivity contribution < 1.29 is 23.8 Å². The summed E-state index contributed by atoms with van der Waals surface area (Å²) in [6.07, 6.45) is 2.77. The summed E-state index contributed by atoms with van der Waals surface area (Å²) in [7, 11) is 1.52. The van der Waals surface area contributed by atoms with Gasteiger partial charge in [0.25, 0.3) is 5.91 Å². The number of nitrogens with one attached hydrogen (secondary N) is 1. The fourth-order valence-electron chi connectivity index (χ4n) is 2.10. The molecule has 1 amide bonds. The maximum Gasteiger partial charge on any atom is 0.258 e. The summed E-state index contributed by atoms with van der Waals surface area (Å²) in [5, 5.41) is 2.75. The van der Waals surface area contributed by atoms with Gasteiger partial charge < -0.3 is 19.5 Å². The monoisotopic (exact) mass is 293 g/mol. The molecule has 1 fully saturated rings. The number of aldehydes is 1. The highest BCUT2D eigenvalue weighted by molar-refractivity contribution is 5.81. The van der Waals surface area contributed by atoms with Crippen LogP contribution in [0.25, 0.3) is 0 Å². The van der Waals surface area contributed by atoms with Crippen molar-refractivity contribution in [2.75, 3.05) is 26.9 Å². The van der Waals surface area contributed by atoms with Crippen molar-refractivity contribution in [2.45, 2.75) is 18.9 Å². The molecular weight excluding hydrogens is 274 g/mol. The lowest BCUT2D eigenvalue weighted by atomic mass is 10.2. The Labute approximate surface area is 123 Å². The molecule has 1 N–H and O–H groups in total. The van der Waals surface area contributed by atoms with Gasteiger partial charge in [-0.25, -0.2) is 0 Å². The zero-order valence-corrected chi connectivity index (χ0v) is 12.0. The molecule has 1 aliphatic rings. The van der Waals surface area contributed by atoms with Gasteiger partial charge in [-0.2, -0.15) is 0 Å². The van der Waals surface area contributed by atoms with E-state index in [4.69, 9.17) is 14.2 Å².